The van der Waals surface area contributed by atoms with Crippen LogP contribution in [0.15, 0.2) is 111 Å². The molecule has 0 aliphatic carbocycles. The molecule has 1 aliphatic rings. The highest BCUT2D eigenvalue weighted by Crippen LogP contribution is 2.26. The fourth-order valence-electron chi connectivity index (χ4n) is 3.66. The zero-order valence-corrected chi connectivity index (χ0v) is 16.4. The number of benzene rings is 2. The SMILES string of the molecule is c1ccc(-c2nccc3occc23)cc1.c1ccc(C2=NCCc3occc32)cc1. The third-order valence-corrected chi connectivity index (χ3v) is 5.08. The number of pyridine rings is 1. The molecular formula is C26H20N2O2. The van der Waals surface area contributed by atoms with Gasteiger partial charge in [0.15, 0.2) is 0 Å². The first kappa shape index (κ1) is 18.1. The van der Waals surface area contributed by atoms with Crippen molar-refractivity contribution in [1.82, 2.24) is 4.98 Å². The van der Waals surface area contributed by atoms with E-state index in [2.05, 4.69) is 34.2 Å². The predicted octanol–water partition coefficient (Wildman–Crippen LogP) is 6.17. The molecule has 0 spiro atoms. The van der Waals surface area contributed by atoms with E-state index in [9.17, 15) is 0 Å². The molecule has 5 aromatic rings. The van der Waals surface area contributed by atoms with Gasteiger partial charge in [-0.3, -0.25) is 9.98 Å². The zero-order valence-electron chi connectivity index (χ0n) is 16.4. The zero-order chi connectivity index (χ0) is 20.2. The summed E-state index contributed by atoms with van der Waals surface area (Å²) < 4.78 is 10.8. The van der Waals surface area contributed by atoms with Gasteiger partial charge in [0.25, 0.3) is 0 Å². The molecule has 6 rings (SSSR count). The lowest BCUT2D eigenvalue weighted by molar-refractivity contribution is 0.508. The average molecular weight is 392 g/mol. The minimum Gasteiger partial charge on any atom is -0.469 e. The first-order chi connectivity index (χ1) is 14.9. The van der Waals surface area contributed by atoms with Crippen LogP contribution >= 0.6 is 0 Å². The van der Waals surface area contributed by atoms with Crippen molar-refractivity contribution in [2.24, 2.45) is 4.99 Å². The molecule has 3 aromatic heterocycles. The number of nitrogens with zero attached hydrogens (tertiary/aromatic N) is 2. The van der Waals surface area contributed by atoms with Crippen LogP contribution in [0.2, 0.25) is 0 Å². The third kappa shape index (κ3) is 3.55. The van der Waals surface area contributed by atoms with Crippen molar-refractivity contribution in [3.05, 3.63) is 114 Å². The highest BCUT2D eigenvalue weighted by Gasteiger charge is 2.17. The molecule has 4 heteroatoms. The van der Waals surface area contributed by atoms with Gasteiger partial charge in [0.1, 0.15) is 11.3 Å². The Morgan fingerprint density at radius 2 is 1.43 bits per heavy atom. The van der Waals surface area contributed by atoms with Crippen molar-refractivity contribution < 1.29 is 8.83 Å². The van der Waals surface area contributed by atoms with E-state index >= 15 is 0 Å². The summed E-state index contributed by atoms with van der Waals surface area (Å²) >= 11 is 0. The molecule has 0 bridgehead atoms. The van der Waals surface area contributed by atoms with E-state index in [4.69, 9.17) is 8.83 Å². The van der Waals surface area contributed by atoms with E-state index in [0.29, 0.717) is 0 Å². The van der Waals surface area contributed by atoms with Crippen molar-refractivity contribution in [2.45, 2.75) is 6.42 Å². The number of aliphatic imine (C=N–C) groups is 1. The average Bonchev–Trinajstić information content (AvgIpc) is 3.50. The number of aromatic nitrogens is 1. The fraction of sp³-hybridized carbons (Fsp3) is 0.0769. The number of rotatable bonds is 2. The Kier molecular flexibility index (Phi) is 4.96. The maximum Gasteiger partial charge on any atom is 0.137 e. The van der Waals surface area contributed by atoms with Gasteiger partial charge < -0.3 is 8.83 Å². The van der Waals surface area contributed by atoms with Crippen LogP contribution in [0.1, 0.15) is 16.9 Å². The minimum atomic E-state index is 0.824. The lowest BCUT2D eigenvalue weighted by Crippen LogP contribution is -2.11. The van der Waals surface area contributed by atoms with Crippen LogP contribution in [0.4, 0.5) is 0 Å². The molecule has 2 aromatic carbocycles. The van der Waals surface area contributed by atoms with E-state index in [1.54, 1.807) is 18.7 Å². The summed E-state index contributed by atoms with van der Waals surface area (Å²) in [7, 11) is 0. The van der Waals surface area contributed by atoms with Crippen LogP contribution in [0, 0.1) is 0 Å². The first-order valence-corrected chi connectivity index (χ1v) is 9.94. The molecule has 1 aliphatic heterocycles. The maximum atomic E-state index is 5.43. The summed E-state index contributed by atoms with van der Waals surface area (Å²) in [5.41, 5.74) is 6.34. The van der Waals surface area contributed by atoms with E-state index in [0.717, 1.165) is 52.2 Å². The maximum absolute atomic E-state index is 5.43. The second-order valence-corrected chi connectivity index (χ2v) is 6.96. The van der Waals surface area contributed by atoms with E-state index in [1.165, 1.54) is 5.56 Å². The van der Waals surface area contributed by atoms with E-state index in [1.807, 2.05) is 54.6 Å². The number of hydrogen-bond acceptors (Lipinski definition) is 4. The standard InChI is InChI=1S/C13H11NO.C13H9NO/c2*1-2-4-10(5-3-1)13-11-7-9-15-12(11)6-8-14-13/h1-5,7,9H,6,8H2;1-9H. The molecule has 4 nitrogen and oxygen atoms in total. The summed E-state index contributed by atoms with van der Waals surface area (Å²) in [5.74, 6) is 1.06. The molecule has 0 fully saturated rings. The molecule has 0 amide bonds. The molecule has 4 heterocycles. The summed E-state index contributed by atoms with van der Waals surface area (Å²) in [6.07, 6.45) is 6.13. The molecule has 0 saturated heterocycles. The topological polar surface area (TPSA) is 51.5 Å². The third-order valence-electron chi connectivity index (χ3n) is 5.08. The van der Waals surface area contributed by atoms with Crippen LogP contribution in [0.3, 0.4) is 0 Å². The van der Waals surface area contributed by atoms with Gasteiger partial charge in [0, 0.05) is 41.2 Å². The summed E-state index contributed by atoms with van der Waals surface area (Å²) in [4.78, 5) is 8.96. The Bertz CT molecular complexity index is 1280. The Hall–Kier alpha value is -3.92. The van der Waals surface area contributed by atoms with Gasteiger partial charge >= 0.3 is 0 Å². The van der Waals surface area contributed by atoms with Crippen LogP contribution in [-0.2, 0) is 6.42 Å². The molecule has 0 radical (unpaired) electrons. The summed E-state index contributed by atoms with van der Waals surface area (Å²) in [6.45, 7) is 0.824. The number of furan rings is 2. The lowest BCUT2D eigenvalue weighted by Gasteiger charge is -2.11. The molecule has 0 unspecified atom stereocenters. The van der Waals surface area contributed by atoms with Gasteiger partial charge in [-0.15, -0.1) is 0 Å². The second-order valence-electron chi connectivity index (χ2n) is 6.96. The van der Waals surface area contributed by atoms with E-state index < -0.39 is 0 Å². The largest absolute Gasteiger partial charge is 0.469 e. The number of fused-ring (bicyclic) bond motifs is 2. The van der Waals surface area contributed by atoms with Gasteiger partial charge in [0.05, 0.1) is 23.9 Å². The van der Waals surface area contributed by atoms with Gasteiger partial charge in [-0.05, 0) is 18.2 Å². The van der Waals surface area contributed by atoms with Gasteiger partial charge in [-0.1, -0.05) is 60.7 Å². The number of hydrogen-bond donors (Lipinski definition) is 0. The van der Waals surface area contributed by atoms with Gasteiger partial charge in [-0.25, -0.2) is 0 Å². The van der Waals surface area contributed by atoms with Crippen molar-refractivity contribution in [3.8, 4) is 11.3 Å². The predicted molar refractivity (Wildman–Crippen MR) is 119 cm³/mol. The Morgan fingerprint density at radius 1 is 0.700 bits per heavy atom. The van der Waals surface area contributed by atoms with Crippen molar-refractivity contribution in [1.29, 1.82) is 0 Å². The van der Waals surface area contributed by atoms with Crippen LogP contribution in [0.25, 0.3) is 22.2 Å². The van der Waals surface area contributed by atoms with Crippen LogP contribution < -0.4 is 0 Å². The molecule has 0 N–H and O–H groups in total. The van der Waals surface area contributed by atoms with Crippen LogP contribution in [-0.4, -0.2) is 17.2 Å². The Balaban J connectivity index is 0.000000128. The Labute approximate surface area is 174 Å². The highest BCUT2D eigenvalue weighted by atomic mass is 16.3. The van der Waals surface area contributed by atoms with Gasteiger partial charge in [-0.2, -0.15) is 0 Å². The van der Waals surface area contributed by atoms with Crippen LogP contribution in [0.5, 0.6) is 0 Å². The highest BCUT2D eigenvalue weighted by molar-refractivity contribution is 6.13. The quantitative estimate of drug-likeness (QED) is 0.361. The normalized spacial score (nSPS) is 12.6. The molecule has 0 atom stereocenters. The summed E-state index contributed by atoms with van der Waals surface area (Å²) in [5, 5.41) is 1.06. The molecule has 0 saturated carbocycles. The Morgan fingerprint density at radius 3 is 2.23 bits per heavy atom. The van der Waals surface area contributed by atoms with Crippen molar-refractivity contribution in [2.75, 3.05) is 6.54 Å². The van der Waals surface area contributed by atoms with Crippen molar-refractivity contribution in [3.63, 3.8) is 0 Å². The molecular weight excluding hydrogens is 372 g/mol. The summed E-state index contributed by atoms with van der Waals surface area (Å²) in [6, 6.07) is 26.2. The molecule has 30 heavy (non-hydrogen) atoms. The first-order valence-electron chi connectivity index (χ1n) is 9.94. The lowest BCUT2D eigenvalue weighted by atomic mass is 9.99. The monoisotopic (exact) mass is 392 g/mol. The fourth-order valence-corrected chi connectivity index (χ4v) is 3.66. The smallest absolute Gasteiger partial charge is 0.137 e. The van der Waals surface area contributed by atoms with E-state index in [-0.39, 0.29) is 0 Å². The molecule has 146 valence electrons. The van der Waals surface area contributed by atoms with Gasteiger partial charge in [0.2, 0.25) is 0 Å². The second kappa shape index (κ2) is 8.21. The minimum absolute atomic E-state index is 0.824. The van der Waals surface area contributed by atoms with Crippen molar-refractivity contribution >= 4 is 16.7 Å².